The molecule has 0 bridgehead atoms. The molecule has 6 heteroatoms. The Morgan fingerprint density at radius 1 is 1.21 bits per heavy atom. The maximum atomic E-state index is 9.47. The molecule has 0 atom stereocenters. The van der Waals surface area contributed by atoms with Crippen molar-refractivity contribution in [3.63, 3.8) is 0 Å². The van der Waals surface area contributed by atoms with Crippen LogP contribution in [-0.4, -0.2) is 48.3 Å². The molecule has 0 spiro atoms. The fraction of sp³-hybridized carbons (Fsp3) is 0.846. The molecule has 1 N–H and O–H groups in total. The highest BCUT2D eigenvalue weighted by atomic mass is 16.5. The predicted molar refractivity (Wildman–Crippen MR) is 67.9 cm³/mol. The van der Waals surface area contributed by atoms with Gasteiger partial charge in [-0.2, -0.15) is 4.98 Å². The number of aromatic nitrogens is 2. The molecular weight excluding hydrogens is 248 g/mol. The lowest BCUT2D eigenvalue weighted by Gasteiger charge is -2.22. The summed E-state index contributed by atoms with van der Waals surface area (Å²) in [6, 6.07) is 0. The molecule has 2 rings (SSSR count). The van der Waals surface area contributed by atoms with Crippen molar-refractivity contribution in [2.75, 3.05) is 26.9 Å². The van der Waals surface area contributed by atoms with Crippen LogP contribution in [0, 0.1) is 0 Å². The fourth-order valence-corrected chi connectivity index (χ4v) is 2.27. The van der Waals surface area contributed by atoms with E-state index in [9.17, 15) is 5.11 Å². The summed E-state index contributed by atoms with van der Waals surface area (Å²) in [5.74, 6) is 1.70. The Bertz CT molecular complexity index is 361. The van der Waals surface area contributed by atoms with Gasteiger partial charge in [0.05, 0.1) is 25.9 Å². The topological polar surface area (TPSA) is 77.6 Å². The van der Waals surface area contributed by atoms with Gasteiger partial charge < -0.3 is 19.1 Å². The molecule has 0 radical (unpaired) electrons. The predicted octanol–water partition coefficient (Wildman–Crippen LogP) is 1.29. The van der Waals surface area contributed by atoms with Crippen molar-refractivity contribution in [2.45, 2.75) is 44.1 Å². The molecule has 0 saturated heterocycles. The van der Waals surface area contributed by atoms with Crippen LogP contribution < -0.4 is 0 Å². The highest BCUT2D eigenvalue weighted by molar-refractivity contribution is 4.96. The molecule has 1 aromatic rings. The van der Waals surface area contributed by atoms with Gasteiger partial charge in [-0.1, -0.05) is 5.16 Å². The quantitative estimate of drug-likeness (QED) is 0.752. The van der Waals surface area contributed by atoms with Gasteiger partial charge in [0.2, 0.25) is 5.89 Å². The first-order valence-electron chi connectivity index (χ1n) is 6.87. The molecule has 0 amide bonds. The molecule has 0 aromatic carbocycles. The molecule has 1 aliphatic rings. The van der Waals surface area contributed by atoms with Crippen LogP contribution in [-0.2, 0) is 15.9 Å². The van der Waals surface area contributed by atoms with Gasteiger partial charge in [-0.3, -0.25) is 0 Å². The van der Waals surface area contributed by atoms with Crippen LogP contribution in [0.5, 0.6) is 0 Å². The zero-order valence-corrected chi connectivity index (χ0v) is 11.4. The van der Waals surface area contributed by atoms with Gasteiger partial charge in [0.15, 0.2) is 5.82 Å². The van der Waals surface area contributed by atoms with Crippen molar-refractivity contribution in [1.82, 2.24) is 10.1 Å². The van der Waals surface area contributed by atoms with E-state index in [0.717, 1.165) is 25.7 Å². The monoisotopic (exact) mass is 270 g/mol. The van der Waals surface area contributed by atoms with E-state index >= 15 is 0 Å². The lowest BCUT2D eigenvalue weighted by atomic mass is 9.87. The number of methoxy groups -OCH3 is 1. The Morgan fingerprint density at radius 2 is 2.00 bits per heavy atom. The van der Waals surface area contributed by atoms with Crippen molar-refractivity contribution >= 4 is 0 Å². The van der Waals surface area contributed by atoms with Gasteiger partial charge in [0.25, 0.3) is 0 Å². The first kappa shape index (κ1) is 14.4. The number of aliphatic hydroxyl groups is 1. The van der Waals surface area contributed by atoms with Crippen molar-refractivity contribution in [2.24, 2.45) is 0 Å². The summed E-state index contributed by atoms with van der Waals surface area (Å²) >= 11 is 0. The van der Waals surface area contributed by atoms with Crippen LogP contribution in [0.25, 0.3) is 0 Å². The van der Waals surface area contributed by atoms with Crippen LogP contribution in [0.1, 0.15) is 43.3 Å². The van der Waals surface area contributed by atoms with Crippen LogP contribution in [0.2, 0.25) is 0 Å². The van der Waals surface area contributed by atoms with Gasteiger partial charge in [-0.15, -0.1) is 0 Å². The van der Waals surface area contributed by atoms with Crippen LogP contribution in [0.4, 0.5) is 0 Å². The number of rotatable bonds is 7. The molecule has 19 heavy (non-hydrogen) atoms. The third kappa shape index (κ3) is 4.56. The molecule has 0 unspecified atom stereocenters. The zero-order chi connectivity index (χ0) is 13.5. The minimum Gasteiger partial charge on any atom is -0.393 e. The summed E-state index contributed by atoms with van der Waals surface area (Å²) in [5, 5.41) is 13.4. The number of aliphatic hydroxyl groups excluding tert-OH is 1. The minimum atomic E-state index is -0.159. The lowest BCUT2D eigenvalue weighted by Crippen LogP contribution is -2.17. The van der Waals surface area contributed by atoms with Crippen LogP contribution >= 0.6 is 0 Å². The maximum Gasteiger partial charge on any atom is 0.229 e. The SMILES string of the molecule is COCCOCCc1noc(C2CCC(O)CC2)n1. The molecule has 1 fully saturated rings. The van der Waals surface area contributed by atoms with Crippen molar-refractivity contribution in [3.8, 4) is 0 Å². The van der Waals surface area contributed by atoms with Crippen molar-refractivity contribution < 1.29 is 19.1 Å². The summed E-state index contributed by atoms with van der Waals surface area (Å²) in [7, 11) is 1.65. The molecule has 1 aliphatic carbocycles. The van der Waals surface area contributed by atoms with Crippen LogP contribution in [0.15, 0.2) is 4.52 Å². The zero-order valence-electron chi connectivity index (χ0n) is 11.4. The van der Waals surface area contributed by atoms with Crippen molar-refractivity contribution in [1.29, 1.82) is 0 Å². The van der Waals surface area contributed by atoms with Gasteiger partial charge in [0, 0.05) is 19.4 Å². The van der Waals surface area contributed by atoms with Gasteiger partial charge in [-0.05, 0) is 25.7 Å². The number of ether oxygens (including phenoxy) is 2. The Labute approximate surface area is 113 Å². The van der Waals surface area contributed by atoms with E-state index in [-0.39, 0.29) is 6.10 Å². The first-order valence-corrected chi connectivity index (χ1v) is 6.87. The van der Waals surface area contributed by atoms with E-state index in [0.29, 0.717) is 43.9 Å². The molecule has 108 valence electrons. The second-order valence-electron chi connectivity index (χ2n) is 4.91. The fourth-order valence-electron chi connectivity index (χ4n) is 2.27. The number of hydrogen-bond donors (Lipinski definition) is 1. The lowest BCUT2D eigenvalue weighted by molar-refractivity contribution is 0.0714. The van der Waals surface area contributed by atoms with Crippen molar-refractivity contribution in [3.05, 3.63) is 11.7 Å². The van der Waals surface area contributed by atoms with Crippen LogP contribution in [0.3, 0.4) is 0 Å². The molecule has 6 nitrogen and oxygen atoms in total. The minimum absolute atomic E-state index is 0.159. The second kappa shape index (κ2) is 7.57. The summed E-state index contributed by atoms with van der Waals surface area (Å²) < 4.78 is 15.6. The van der Waals surface area contributed by atoms with Gasteiger partial charge >= 0.3 is 0 Å². The highest BCUT2D eigenvalue weighted by Crippen LogP contribution is 2.31. The average Bonchev–Trinajstić information content (AvgIpc) is 2.88. The first-order chi connectivity index (χ1) is 9.29. The van der Waals surface area contributed by atoms with E-state index < -0.39 is 0 Å². The smallest absolute Gasteiger partial charge is 0.229 e. The molecular formula is C13H22N2O4. The summed E-state index contributed by atoms with van der Waals surface area (Å²) in [4.78, 5) is 4.41. The van der Waals surface area contributed by atoms with E-state index in [1.165, 1.54) is 0 Å². The largest absolute Gasteiger partial charge is 0.393 e. The molecule has 1 heterocycles. The Kier molecular flexibility index (Phi) is 5.75. The third-order valence-electron chi connectivity index (χ3n) is 3.43. The summed E-state index contributed by atoms with van der Waals surface area (Å²) in [6.07, 6.45) is 3.99. The Hall–Kier alpha value is -0.980. The maximum absolute atomic E-state index is 9.47. The highest BCUT2D eigenvalue weighted by Gasteiger charge is 2.25. The standard InChI is InChI=1S/C13H22N2O4/c1-17-8-9-18-7-6-12-14-13(19-15-12)10-2-4-11(16)5-3-10/h10-11,16H,2-9H2,1H3. The summed E-state index contributed by atoms with van der Waals surface area (Å²) in [6.45, 7) is 1.76. The van der Waals surface area contributed by atoms with E-state index in [1.807, 2.05) is 0 Å². The van der Waals surface area contributed by atoms with E-state index in [2.05, 4.69) is 10.1 Å². The Morgan fingerprint density at radius 3 is 2.74 bits per heavy atom. The molecule has 0 aliphatic heterocycles. The van der Waals surface area contributed by atoms with E-state index in [1.54, 1.807) is 7.11 Å². The average molecular weight is 270 g/mol. The van der Waals surface area contributed by atoms with E-state index in [4.69, 9.17) is 14.0 Å². The molecule has 1 saturated carbocycles. The Balaban J connectivity index is 1.72. The third-order valence-corrected chi connectivity index (χ3v) is 3.43. The normalized spacial score (nSPS) is 23.7. The summed E-state index contributed by atoms with van der Waals surface area (Å²) in [5.41, 5.74) is 0. The van der Waals surface area contributed by atoms with Gasteiger partial charge in [-0.25, -0.2) is 0 Å². The number of hydrogen-bond acceptors (Lipinski definition) is 6. The molecule has 1 aromatic heterocycles. The number of nitrogens with zero attached hydrogens (tertiary/aromatic N) is 2. The second-order valence-corrected chi connectivity index (χ2v) is 4.91. The van der Waals surface area contributed by atoms with Gasteiger partial charge in [0.1, 0.15) is 0 Å².